The zero-order valence-corrected chi connectivity index (χ0v) is 11.4. The predicted molar refractivity (Wildman–Crippen MR) is 74.3 cm³/mol. The van der Waals surface area contributed by atoms with Crippen LogP contribution in [0.1, 0.15) is 30.6 Å². The second-order valence-corrected chi connectivity index (χ2v) is 4.36. The number of nitrogens with one attached hydrogen (secondary N) is 1. The number of halogens is 1. The summed E-state index contributed by atoms with van der Waals surface area (Å²) in [6.45, 7) is 7.87. The van der Waals surface area contributed by atoms with E-state index in [2.05, 4.69) is 24.1 Å². The third-order valence-electron chi connectivity index (χ3n) is 2.94. The molecule has 5 heteroatoms. The first-order valence-corrected chi connectivity index (χ1v) is 6.57. The van der Waals surface area contributed by atoms with Crippen molar-refractivity contribution in [1.82, 2.24) is 4.90 Å². The summed E-state index contributed by atoms with van der Waals surface area (Å²) in [6.07, 6.45) is 1.11. The van der Waals surface area contributed by atoms with Gasteiger partial charge in [-0.3, -0.25) is 0 Å². The van der Waals surface area contributed by atoms with Gasteiger partial charge in [0.1, 0.15) is 5.82 Å². The topological polar surface area (TPSA) is 52.6 Å². The average molecular weight is 268 g/mol. The lowest BCUT2D eigenvalue weighted by Crippen LogP contribution is -2.29. The molecule has 2 N–H and O–H groups in total. The SMILES string of the molecule is CCCN(CC)CCNc1ccc(C(=O)O)c(F)c1. The first kappa shape index (κ1) is 15.4. The van der Waals surface area contributed by atoms with E-state index in [-0.39, 0.29) is 5.56 Å². The van der Waals surface area contributed by atoms with Gasteiger partial charge >= 0.3 is 5.97 Å². The molecule has 0 fully saturated rings. The zero-order chi connectivity index (χ0) is 14.3. The number of carbonyl (C=O) groups is 1. The summed E-state index contributed by atoms with van der Waals surface area (Å²) in [4.78, 5) is 13.0. The number of carboxylic acid groups (broad SMARTS) is 1. The van der Waals surface area contributed by atoms with E-state index >= 15 is 0 Å². The van der Waals surface area contributed by atoms with Gasteiger partial charge in [-0.05, 0) is 37.7 Å². The number of hydrogen-bond acceptors (Lipinski definition) is 3. The smallest absolute Gasteiger partial charge is 0.338 e. The summed E-state index contributed by atoms with van der Waals surface area (Å²) in [5.74, 6) is -1.96. The molecular weight excluding hydrogens is 247 g/mol. The number of anilines is 1. The second kappa shape index (κ2) is 7.74. The van der Waals surface area contributed by atoms with E-state index in [1.165, 1.54) is 12.1 Å². The first-order chi connectivity index (χ1) is 9.08. The van der Waals surface area contributed by atoms with Gasteiger partial charge in [0, 0.05) is 18.8 Å². The monoisotopic (exact) mass is 268 g/mol. The Kier molecular flexibility index (Phi) is 6.29. The standard InChI is InChI=1S/C14H21FN2O2/c1-3-8-17(4-2)9-7-16-11-5-6-12(14(18)19)13(15)10-11/h5-6,10,16H,3-4,7-9H2,1-2H3,(H,18,19). The molecule has 0 atom stereocenters. The fraction of sp³-hybridized carbons (Fsp3) is 0.500. The van der Waals surface area contributed by atoms with Gasteiger partial charge in [0.15, 0.2) is 0 Å². The van der Waals surface area contributed by atoms with E-state index in [1.807, 2.05) is 0 Å². The summed E-state index contributed by atoms with van der Waals surface area (Å²) in [5, 5.41) is 11.8. The molecule has 0 aliphatic rings. The third kappa shape index (κ3) is 4.87. The number of hydrogen-bond donors (Lipinski definition) is 2. The number of carboxylic acids is 1. The van der Waals surface area contributed by atoms with Crippen molar-refractivity contribution in [2.24, 2.45) is 0 Å². The zero-order valence-electron chi connectivity index (χ0n) is 11.4. The lowest BCUT2D eigenvalue weighted by Gasteiger charge is -2.19. The van der Waals surface area contributed by atoms with Crippen molar-refractivity contribution < 1.29 is 14.3 Å². The van der Waals surface area contributed by atoms with Crippen LogP contribution in [0.5, 0.6) is 0 Å². The number of benzene rings is 1. The molecule has 4 nitrogen and oxygen atoms in total. The molecular formula is C14H21FN2O2. The van der Waals surface area contributed by atoms with Crippen molar-refractivity contribution in [1.29, 1.82) is 0 Å². The van der Waals surface area contributed by atoms with Gasteiger partial charge in [0.2, 0.25) is 0 Å². The fourth-order valence-corrected chi connectivity index (χ4v) is 1.90. The van der Waals surface area contributed by atoms with Crippen molar-refractivity contribution in [3.05, 3.63) is 29.6 Å². The van der Waals surface area contributed by atoms with Crippen LogP contribution in [0.4, 0.5) is 10.1 Å². The maximum absolute atomic E-state index is 13.4. The number of rotatable bonds is 8. The van der Waals surface area contributed by atoms with Crippen LogP contribution in [0.25, 0.3) is 0 Å². The lowest BCUT2D eigenvalue weighted by molar-refractivity contribution is 0.0692. The van der Waals surface area contributed by atoms with Crippen molar-refractivity contribution in [3.63, 3.8) is 0 Å². The molecule has 1 aromatic carbocycles. The molecule has 106 valence electrons. The molecule has 0 amide bonds. The van der Waals surface area contributed by atoms with Gasteiger partial charge in [-0.1, -0.05) is 13.8 Å². The van der Waals surface area contributed by atoms with E-state index in [0.717, 1.165) is 26.1 Å². The molecule has 19 heavy (non-hydrogen) atoms. The van der Waals surface area contributed by atoms with Gasteiger partial charge in [-0.15, -0.1) is 0 Å². The van der Waals surface area contributed by atoms with Crippen molar-refractivity contribution in [3.8, 4) is 0 Å². The van der Waals surface area contributed by atoms with Crippen LogP contribution >= 0.6 is 0 Å². The van der Waals surface area contributed by atoms with E-state index in [1.54, 1.807) is 6.07 Å². The molecule has 0 spiro atoms. The highest BCUT2D eigenvalue weighted by atomic mass is 19.1. The molecule has 0 heterocycles. The summed E-state index contributed by atoms with van der Waals surface area (Å²) >= 11 is 0. The minimum absolute atomic E-state index is 0.299. The average Bonchev–Trinajstić information content (AvgIpc) is 2.37. The number of likely N-dealkylation sites (N-methyl/N-ethyl adjacent to an activating group) is 1. The Morgan fingerprint density at radius 1 is 1.37 bits per heavy atom. The number of aromatic carboxylic acids is 1. The van der Waals surface area contributed by atoms with Crippen LogP contribution < -0.4 is 5.32 Å². The Labute approximate surface area is 113 Å². The molecule has 0 saturated heterocycles. The minimum Gasteiger partial charge on any atom is -0.478 e. The molecule has 0 aliphatic heterocycles. The molecule has 1 aromatic rings. The van der Waals surface area contributed by atoms with Crippen molar-refractivity contribution in [2.75, 3.05) is 31.5 Å². The summed E-state index contributed by atoms with van der Waals surface area (Å²) in [6, 6.07) is 4.09. The van der Waals surface area contributed by atoms with E-state index in [4.69, 9.17) is 5.11 Å². The van der Waals surface area contributed by atoms with Gasteiger partial charge in [-0.25, -0.2) is 9.18 Å². The molecule has 1 rings (SSSR count). The van der Waals surface area contributed by atoms with Crippen molar-refractivity contribution >= 4 is 11.7 Å². The maximum Gasteiger partial charge on any atom is 0.338 e. The van der Waals surface area contributed by atoms with Crippen LogP contribution in [0.3, 0.4) is 0 Å². The Morgan fingerprint density at radius 2 is 2.11 bits per heavy atom. The number of nitrogens with zero attached hydrogens (tertiary/aromatic N) is 1. The van der Waals surface area contributed by atoms with Crippen LogP contribution in [0.2, 0.25) is 0 Å². The predicted octanol–water partition coefficient (Wildman–Crippen LogP) is 2.67. The molecule has 0 aromatic heterocycles. The highest BCUT2D eigenvalue weighted by molar-refractivity contribution is 5.88. The van der Waals surface area contributed by atoms with Gasteiger partial charge in [-0.2, -0.15) is 0 Å². The van der Waals surface area contributed by atoms with Crippen LogP contribution in [0.15, 0.2) is 18.2 Å². The molecule has 0 bridgehead atoms. The van der Waals surface area contributed by atoms with Crippen molar-refractivity contribution in [2.45, 2.75) is 20.3 Å². The highest BCUT2D eigenvalue weighted by Crippen LogP contribution is 2.14. The summed E-state index contributed by atoms with van der Waals surface area (Å²) in [5.41, 5.74) is 0.307. The maximum atomic E-state index is 13.4. The molecule has 0 aliphatic carbocycles. The van der Waals surface area contributed by atoms with Gasteiger partial charge in [0.05, 0.1) is 5.56 Å². The van der Waals surface area contributed by atoms with Gasteiger partial charge < -0.3 is 15.3 Å². The fourth-order valence-electron chi connectivity index (χ4n) is 1.90. The summed E-state index contributed by atoms with van der Waals surface area (Å²) < 4.78 is 13.4. The quantitative estimate of drug-likeness (QED) is 0.761. The summed E-state index contributed by atoms with van der Waals surface area (Å²) in [7, 11) is 0. The third-order valence-corrected chi connectivity index (χ3v) is 2.94. The van der Waals surface area contributed by atoms with E-state index in [9.17, 15) is 9.18 Å². The lowest BCUT2D eigenvalue weighted by atomic mass is 10.2. The van der Waals surface area contributed by atoms with E-state index < -0.39 is 11.8 Å². The molecule has 0 saturated carbocycles. The van der Waals surface area contributed by atoms with Gasteiger partial charge in [0.25, 0.3) is 0 Å². The normalized spacial score (nSPS) is 10.7. The Balaban J connectivity index is 2.50. The molecule has 0 unspecified atom stereocenters. The Bertz CT molecular complexity index is 424. The largest absolute Gasteiger partial charge is 0.478 e. The van der Waals surface area contributed by atoms with Crippen LogP contribution in [-0.2, 0) is 0 Å². The Hall–Kier alpha value is -1.62. The second-order valence-electron chi connectivity index (χ2n) is 4.36. The molecule has 0 radical (unpaired) electrons. The first-order valence-electron chi connectivity index (χ1n) is 6.57. The Morgan fingerprint density at radius 3 is 2.63 bits per heavy atom. The minimum atomic E-state index is -1.25. The van der Waals surface area contributed by atoms with E-state index in [0.29, 0.717) is 12.2 Å². The van der Waals surface area contributed by atoms with Crippen LogP contribution in [-0.4, -0.2) is 42.2 Å². The highest BCUT2D eigenvalue weighted by Gasteiger charge is 2.10. The van der Waals surface area contributed by atoms with Crippen LogP contribution in [0, 0.1) is 5.82 Å².